The zero-order chi connectivity index (χ0) is 7.97. The van der Waals surface area contributed by atoms with Crippen molar-refractivity contribution in [3.8, 4) is 0 Å². The van der Waals surface area contributed by atoms with Crippen LogP contribution in [0.3, 0.4) is 0 Å². The molecule has 0 atom stereocenters. The largest absolute Gasteiger partial charge is 0.323 e. The molecule has 0 spiro atoms. The normalized spacial score (nSPS) is 14.0. The Bertz CT molecular complexity index is 463. The molecule has 58 valence electrons. The molecular weight excluding hydrogens is 146 g/mol. The van der Waals surface area contributed by atoms with Crippen molar-refractivity contribution >= 4 is 17.1 Å². The molecular formula is C11H9N. The molecule has 0 aliphatic carbocycles. The van der Waals surface area contributed by atoms with Crippen molar-refractivity contribution in [3.05, 3.63) is 42.1 Å². The molecule has 0 unspecified atom stereocenters. The molecule has 0 saturated carbocycles. The van der Waals surface area contributed by atoms with E-state index in [0.717, 1.165) is 6.42 Å². The maximum absolute atomic E-state index is 2.20. The van der Waals surface area contributed by atoms with Gasteiger partial charge >= 0.3 is 0 Å². The van der Waals surface area contributed by atoms with E-state index in [-0.39, 0.29) is 0 Å². The number of rotatable bonds is 0. The third-order valence-electron chi connectivity index (χ3n) is 2.43. The molecule has 2 aromatic rings. The van der Waals surface area contributed by atoms with Gasteiger partial charge in [-0.1, -0.05) is 24.3 Å². The first-order valence-electron chi connectivity index (χ1n) is 4.20. The average molecular weight is 155 g/mol. The standard InChI is InChI=1S/C11H9N/c1-3-9-5-2-7-12-8-6-10(4-1)11(9)12/h1-4,6-8H,5H2. The summed E-state index contributed by atoms with van der Waals surface area (Å²) in [6.07, 6.45) is 7.52. The molecule has 0 fully saturated rings. The topological polar surface area (TPSA) is 4.93 Å². The minimum absolute atomic E-state index is 1.07. The lowest BCUT2D eigenvalue weighted by molar-refractivity contribution is 1.14. The van der Waals surface area contributed by atoms with Gasteiger partial charge in [-0.05, 0) is 18.1 Å². The van der Waals surface area contributed by atoms with Gasteiger partial charge in [-0.2, -0.15) is 0 Å². The summed E-state index contributed by atoms with van der Waals surface area (Å²) < 4.78 is 2.19. The molecule has 1 nitrogen and oxygen atoms in total. The lowest BCUT2D eigenvalue weighted by atomic mass is 10.1. The molecule has 1 heteroatoms. The summed E-state index contributed by atoms with van der Waals surface area (Å²) in [6, 6.07) is 8.65. The fraction of sp³-hybridized carbons (Fsp3) is 0.0909. The van der Waals surface area contributed by atoms with Gasteiger partial charge in [-0.25, -0.2) is 0 Å². The van der Waals surface area contributed by atoms with E-state index in [1.807, 2.05) is 0 Å². The van der Waals surface area contributed by atoms with Crippen molar-refractivity contribution < 1.29 is 0 Å². The first-order valence-corrected chi connectivity index (χ1v) is 4.20. The van der Waals surface area contributed by atoms with Crippen LogP contribution < -0.4 is 0 Å². The van der Waals surface area contributed by atoms with Crippen LogP contribution >= 0.6 is 0 Å². The molecule has 1 aromatic heterocycles. The Kier molecular flexibility index (Phi) is 1.01. The first-order chi connectivity index (χ1) is 5.95. The smallest absolute Gasteiger partial charge is 0.0557 e. The van der Waals surface area contributed by atoms with E-state index >= 15 is 0 Å². The van der Waals surface area contributed by atoms with Crippen molar-refractivity contribution in [2.45, 2.75) is 6.42 Å². The number of hydrogen-bond donors (Lipinski definition) is 0. The zero-order valence-electron chi connectivity index (χ0n) is 6.70. The van der Waals surface area contributed by atoms with E-state index in [4.69, 9.17) is 0 Å². The number of allylic oxidation sites excluding steroid dienone is 1. The molecule has 0 amide bonds. The minimum Gasteiger partial charge on any atom is -0.323 e. The Morgan fingerprint density at radius 3 is 3.17 bits per heavy atom. The SMILES string of the molecule is C1=Cn2ccc3cccc(c32)C1. The maximum atomic E-state index is 2.20. The second-order valence-electron chi connectivity index (χ2n) is 3.17. The quantitative estimate of drug-likeness (QED) is 0.551. The van der Waals surface area contributed by atoms with Crippen LogP contribution in [-0.2, 0) is 6.42 Å². The van der Waals surface area contributed by atoms with Gasteiger partial charge in [0, 0.05) is 17.8 Å². The van der Waals surface area contributed by atoms with Crippen molar-refractivity contribution in [2.75, 3.05) is 0 Å². The highest BCUT2D eigenvalue weighted by Gasteiger charge is 2.06. The lowest BCUT2D eigenvalue weighted by Gasteiger charge is -2.08. The third-order valence-corrected chi connectivity index (χ3v) is 2.43. The Hall–Kier alpha value is -1.50. The summed E-state index contributed by atoms with van der Waals surface area (Å²) in [6.45, 7) is 0. The van der Waals surface area contributed by atoms with E-state index in [0.29, 0.717) is 0 Å². The van der Waals surface area contributed by atoms with Crippen LogP contribution in [0, 0.1) is 0 Å². The van der Waals surface area contributed by atoms with Crippen molar-refractivity contribution in [3.63, 3.8) is 0 Å². The summed E-state index contributed by atoms with van der Waals surface area (Å²) in [5, 5.41) is 1.34. The van der Waals surface area contributed by atoms with Crippen LogP contribution in [-0.4, -0.2) is 4.57 Å². The van der Waals surface area contributed by atoms with E-state index in [9.17, 15) is 0 Å². The minimum atomic E-state index is 1.07. The summed E-state index contributed by atoms with van der Waals surface area (Å²) >= 11 is 0. The fourth-order valence-corrected chi connectivity index (χ4v) is 1.88. The van der Waals surface area contributed by atoms with E-state index in [1.165, 1.54) is 16.5 Å². The Balaban J connectivity index is 2.57. The molecule has 0 bridgehead atoms. The summed E-state index contributed by atoms with van der Waals surface area (Å²) in [7, 11) is 0. The molecule has 3 rings (SSSR count). The van der Waals surface area contributed by atoms with Crippen LogP contribution in [0.4, 0.5) is 0 Å². The molecule has 0 N–H and O–H groups in total. The van der Waals surface area contributed by atoms with Crippen LogP contribution in [0.25, 0.3) is 17.1 Å². The predicted octanol–water partition coefficient (Wildman–Crippen LogP) is 2.67. The highest BCUT2D eigenvalue weighted by Crippen LogP contribution is 2.23. The lowest BCUT2D eigenvalue weighted by Crippen LogP contribution is -1.94. The highest BCUT2D eigenvalue weighted by molar-refractivity contribution is 5.86. The molecule has 1 aliphatic heterocycles. The van der Waals surface area contributed by atoms with E-state index < -0.39 is 0 Å². The zero-order valence-corrected chi connectivity index (χ0v) is 6.70. The number of aromatic nitrogens is 1. The monoisotopic (exact) mass is 155 g/mol. The predicted molar refractivity (Wildman–Crippen MR) is 51.0 cm³/mol. The Labute approximate surface area is 70.9 Å². The second kappa shape index (κ2) is 2.01. The van der Waals surface area contributed by atoms with Gasteiger partial charge < -0.3 is 4.57 Å². The summed E-state index contributed by atoms with van der Waals surface area (Å²) in [5.74, 6) is 0. The summed E-state index contributed by atoms with van der Waals surface area (Å²) in [5.41, 5.74) is 2.81. The van der Waals surface area contributed by atoms with E-state index in [2.05, 4.69) is 47.3 Å². The van der Waals surface area contributed by atoms with Gasteiger partial charge in [0.25, 0.3) is 0 Å². The third kappa shape index (κ3) is 0.632. The van der Waals surface area contributed by atoms with Gasteiger partial charge in [0.2, 0.25) is 0 Å². The van der Waals surface area contributed by atoms with Gasteiger partial charge in [-0.3, -0.25) is 0 Å². The van der Waals surface area contributed by atoms with E-state index in [1.54, 1.807) is 0 Å². The van der Waals surface area contributed by atoms with Gasteiger partial charge in [0.1, 0.15) is 0 Å². The van der Waals surface area contributed by atoms with Crippen LogP contribution in [0.2, 0.25) is 0 Å². The number of para-hydroxylation sites is 1. The van der Waals surface area contributed by atoms with Gasteiger partial charge in [-0.15, -0.1) is 0 Å². The first kappa shape index (κ1) is 6.06. The van der Waals surface area contributed by atoms with Gasteiger partial charge in [0.15, 0.2) is 0 Å². The average Bonchev–Trinajstić information content (AvgIpc) is 2.52. The Morgan fingerprint density at radius 2 is 2.17 bits per heavy atom. The van der Waals surface area contributed by atoms with Gasteiger partial charge in [0.05, 0.1) is 5.52 Å². The molecule has 12 heavy (non-hydrogen) atoms. The highest BCUT2D eigenvalue weighted by atomic mass is 14.9. The number of benzene rings is 1. The molecule has 0 radical (unpaired) electrons. The molecule has 0 saturated heterocycles. The molecule has 1 aromatic carbocycles. The van der Waals surface area contributed by atoms with Crippen LogP contribution in [0.5, 0.6) is 0 Å². The van der Waals surface area contributed by atoms with Crippen molar-refractivity contribution in [1.82, 2.24) is 4.57 Å². The second-order valence-corrected chi connectivity index (χ2v) is 3.17. The number of hydrogen-bond acceptors (Lipinski definition) is 0. The van der Waals surface area contributed by atoms with Crippen molar-refractivity contribution in [1.29, 1.82) is 0 Å². The van der Waals surface area contributed by atoms with Crippen molar-refractivity contribution in [2.24, 2.45) is 0 Å². The maximum Gasteiger partial charge on any atom is 0.0557 e. The van der Waals surface area contributed by atoms with Crippen LogP contribution in [0.15, 0.2) is 36.5 Å². The Morgan fingerprint density at radius 1 is 1.17 bits per heavy atom. The van der Waals surface area contributed by atoms with Crippen LogP contribution in [0.1, 0.15) is 5.56 Å². The molecule has 1 aliphatic rings. The summed E-state index contributed by atoms with van der Waals surface area (Å²) in [4.78, 5) is 0. The fourth-order valence-electron chi connectivity index (χ4n) is 1.88. The number of nitrogens with zero attached hydrogens (tertiary/aromatic N) is 1. The molecule has 2 heterocycles.